The molecule has 0 atom stereocenters. The zero-order chi connectivity index (χ0) is 15.0. The van der Waals surface area contributed by atoms with Gasteiger partial charge in [-0.05, 0) is 36.8 Å². The van der Waals surface area contributed by atoms with Gasteiger partial charge < -0.3 is 15.5 Å². The fraction of sp³-hybridized carbons (Fsp3) is 0.0625. The van der Waals surface area contributed by atoms with Gasteiger partial charge in [0.15, 0.2) is 0 Å². The molecule has 4 nitrogen and oxygen atoms in total. The van der Waals surface area contributed by atoms with Crippen LogP contribution in [0.4, 0.5) is 11.4 Å². The summed E-state index contributed by atoms with van der Waals surface area (Å²) in [4.78, 5) is 12.3. The Hall–Kier alpha value is -2.46. The number of amides is 1. The summed E-state index contributed by atoms with van der Waals surface area (Å²) in [5.41, 5.74) is 8.44. The molecule has 0 bridgehead atoms. The van der Waals surface area contributed by atoms with E-state index in [2.05, 4.69) is 5.32 Å². The van der Waals surface area contributed by atoms with E-state index in [1.807, 2.05) is 31.2 Å². The van der Waals surface area contributed by atoms with Gasteiger partial charge in [-0.25, -0.2) is 0 Å². The second-order valence-corrected chi connectivity index (χ2v) is 5.19. The third kappa shape index (κ3) is 2.45. The highest BCUT2D eigenvalue weighted by atomic mass is 35.5. The number of nitrogens with two attached hydrogens (primary N) is 1. The van der Waals surface area contributed by atoms with Gasteiger partial charge in [-0.15, -0.1) is 0 Å². The number of hydrogen-bond donors (Lipinski definition) is 2. The summed E-state index contributed by atoms with van der Waals surface area (Å²) < 4.78 is 5.53. The van der Waals surface area contributed by atoms with E-state index in [1.165, 1.54) is 0 Å². The molecule has 0 saturated carbocycles. The predicted molar refractivity (Wildman–Crippen MR) is 84.8 cm³/mol. The molecule has 3 rings (SSSR count). The van der Waals surface area contributed by atoms with Crippen LogP contribution in [-0.4, -0.2) is 5.91 Å². The molecule has 1 amide bonds. The first-order chi connectivity index (χ1) is 10.1. The van der Waals surface area contributed by atoms with Crippen LogP contribution in [0.1, 0.15) is 16.1 Å². The molecule has 1 heterocycles. The average Bonchev–Trinajstić information content (AvgIpc) is 2.81. The number of fused-ring (bicyclic) bond motifs is 1. The zero-order valence-corrected chi connectivity index (χ0v) is 12.1. The number of aryl methyl sites for hydroxylation is 1. The number of nitrogens with one attached hydrogen (secondary N) is 1. The van der Waals surface area contributed by atoms with Crippen molar-refractivity contribution >= 4 is 39.9 Å². The highest BCUT2D eigenvalue weighted by molar-refractivity contribution is 6.31. The number of furan rings is 1. The normalized spacial score (nSPS) is 10.8. The van der Waals surface area contributed by atoms with Crippen LogP contribution in [0.25, 0.3) is 11.0 Å². The smallest absolute Gasteiger partial charge is 0.293 e. The van der Waals surface area contributed by atoms with Gasteiger partial charge in [-0.2, -0.15) is 0 Å². The molecule has 5 heteroatoms. The summed E-state index contributed by atoms with van der Waals surface area (Å²) in [7, 11) is 0. The largest absolute Gasteiger partial charge is 0.449 e. The van der Waals surface area contributed by atoms with Crippen LogP contribution in [0, 0.1) is 6.92 Å². The molecule has 1 aromatic heterocycles. The lowest BCUT2D eigenvalue weighted by Gasteiger charge is -2.07. The second kappa shape index (κ2) is 5.14. The number of carbonyl (C=O) groups excluding carboxylic acids is 1. The standard InChI is InChI=1S/C16H13ClN2O2/c1-9-6-7-10(17)8-12(9)19-16(20)15-14(18)11-4-2-3-5-13(11)21-15/h2-8H,18H2,1H3,(H,19,20). The molecule has 0 spiro atoms. The molecular formula is C16H13ClN2O2. The van der Waals surface area contributed by atoms with Crippen LogP contribution >= 0.6 is 11.6 Å². The van der Waals surface area contributed by atoms with Crippen molar-refractivity contribution in [2.45, 2.75) is 6.92 Å². The number of hydrogen-bond acceptors (Lipinski definition) is 3. The molecule has 0 fully saturated rings. The third-order valence-electron chi connectivity index (χ3n) is 3.29. The summed E-state index contributed by atoms with van der Waals surface area (Å²) in [5.74, 6) is -0.287. The van der Waals surface area contributed by atoms with Crippen LogP contribution in [0.5, 0.6) is 0 Å². The van der Waals surface area contributed by atoms with Crippen LogP contribution in [0.2, 0.25) is 5.02 Å². The summed E-state index contributed by atoms with van der Waals surface area (Å²) >= 11 is 5.94. The quantitative estimate of drug-likeness (QED) is 0.744. The van der Waals surface area contributed by atoms with Crippen LogP contribution in [-0.2, 0) is 0 Å². The lowest BCUT2D eigenvalue weighted by atomic mass is 10.2. The van der Waals surface area contributed by atoms with E-state index in [9.17, 15) is 4.79 Å². The summed E-state index contributed by atoms with van der Waals surface area (Å²) in [6, 6.07) is 12.5. The molecule has 0 saturated heterocycles. The van der Waals surface area contributed by atoms with Crippen molar-refractivity contribution in [3.63, 3.8) is 0 Å². The molecule has 0 aliphatic rings. The minimum absolute atomic E-state index is 0.107. The minimum Gasteiger partial charge on any atom is -0.449 e. The SMILES string of the molecule is Cc1ccc(Cl)cc1NC(=O)c1oc2ccccc2c1N. The molecule has 0 radical (unpaired) electrons. The Morgan fingerprint density at radius 3 is 2.76 bits per heavy atom. The van der Waals surface area contributed by atoms with Crippen molar-refractivity contribution < 1.29 is 9.21 Å². The van der Waals surface area contributed by atoms with E-state index in [-0.39, 0.29) is 5.76 Å². The first kappa shape index (κ1) is 13.5. The monoisotopic (exact) mass is 300 g/mol. The molecule has 0 unspecified atom stereocenters. The second-order valence-electron chi connectivity index (χ2n) is 4.75. The van der Waals surface area contributed by atoms with Crippen LogP contribution in [0.3, 0.4) is 0 Å². The topological polar surface area (TPSA) is 68.3 Å². The summed E-state index contributed by atoms with van der Waals surface area (Å²) in [6.07, 6.45) is 0. The zero-order valence-electron chi connectivity index (χ0n) is 11.3. The van der Waals surface area contributed by atoms with Crippen molar-refractivity contribution in [2.24, 2.45) is 0 Å². The van der Waals surface area contributed by atoms with Gasteiger partial charge in [0.25, 0.3) is 5.91 Å². The minimum atomic E-state index is -0.394. The van der Waals surface area contributed by atoms with E-state index in [0.29, 0.717) is 22.0 Å². The fourth-order valence-corrected chi connectivity index (χ4v) is 2.31. The van der Waals surface area contributed by atoms with E-state index < -0.39 is 5.91 Å². The van der Waals surface area contributed by atoms with Gasteiger partial charge >= 0.3 is 0 Å². The van der Waals surface area contributed by atoms with Gasteiger partial charge in [0.2, 0.25) is 5.76 Å². The maximum Gasteiger partial charge on any atom is 0.293 e. The first-order valence-electron chi connectivity index (χ1n) is 6.41. The van der Waals surface area contributed by atoms with Gasteiger partial charge in [0, 0.05) is 16.1 Å². The van der Waals surface area contributed by atoms with Crippen molar-refractivity contribution in [1.82, 2.24) is 0 Å². The lowest BCUT2D eigenvalue weighted by molar-refractivity contribution is 0.1000. The molecule has 2 aromatic carbocycles. The predicted octanol–water partition coefficient (Wildman–Crippen LogP) is 4.23. The molecule has 3 N–H and O–H groups in total. The Kier molecular flexibility index (Phi) is 3.31. The van der Waals surface area contributed by atoms with Gasteiger partial charge in [-0.3, -0.25) is 4.79 Å². The Morgan fingerprint density at radius 2 is 2.00 bits per heavy atom. The van der Waals surface area contributed by atoms with Gasteiger partial charge in [-0.1, -0.05) is 29.8 Å². The Morgan fingerprint density at radius 1 is 1.24 bits per heavy atom. The summed E-state index contributed by atoms with van der Waals surface area (Å²) in [5, 5.41) is 4.05. The maximum atomic E-state index is 12.3. The Bertz CT molecular complexity index is 839. The Labute approximate surface area is 126 Å². The first-order valence-corrected chi connectivity index (χ1v) is 6.78. The van der Waals surface area contributed by atoms with E-state index in [4.69, 9.17) is 21.8 Å². The average molecular weight is 301 g/mol. The number of halogens is 1. The van der Waals surface area contributed by atoms with Crippen molar-refractivity contribution in [3.8, 4) is 0 Å². The molecule has 0 aliphatic heterocycles. The molecular weight excluding hydrogens is 288 g/mol. The highest BCUT2D eigenvalue weighted by Gasteiger charge is 2.18. The van der Waals surface area contributed by atoms with Crippen LogP contribution < -0.4 is 11.1 Å². The summed E-state index contributed by atoms with van der Waals surface area (Å²) in [6.45, 7) is 1.88. The maximum absolute atomic E-state index is 12.3. The van der Waals surface area contributed by atoms with Crippen molar-refractivity contribution in [2.75, 3.05) is 11.1 Å². The van der Waals surface area contributed by atoms with Crippen molar-refractivity contribution in [1.29, 1.82) is 0 Å². The number of para-hydroxylation sites is 1. The number of benzene rings is 2. The van der Waals surface area contributed by atoms with Gasteiger partial charge in [0.1, 0.15) is 5.58 Å². The lowest BCUT2D eigenvalue weighted by Crippen LogP contribution is -2.13. The van der Waals surface area contributed by atoms with E-state index in [0.717, 1.165) is 10.9 Å². The highest BCUT2D eigenvalue weighted by Crippen LogP contribution is 2.29. The third-order valence-corrected chi connectivity index (χ3v) is 3.52. The van der Waals surface area contributed by atoms with Gasteiger partial charge in [0.05, 0.1) is 5.69 Å². The Balaban J connectivity index is 1.97. The number of rotatable bonds is 2. The number of anilines is 2. The van der Waals surface area contributed by atoms with Crippen LogP contribution in [0.15, 0.2) is 46.9 Å². The van der Waals surface area contributed by atoms with E-state index >= 15 is 0 Å². The fourth-order valence-electron chi connectivity index (χ4n) is 2.14. The molecule has 3 aromatic rings. The molecule has 0 aliphatic carbocycles. The number of nitrogen functional groups attached to an aromatic ring is 1. The molecule has 106 valence electrons. The molecule has 21 heavy (non-hydrogen) atoms. The number of carbonyl (C=O) groups is 1. The van der Waals surface area contributed by atoms with Crippen molar-refractivity contribution in [3.05, 3.63) is 58.8 Å². The van der Waals surface area contributed by atoms with E-state index in [1.54, 1.807) is 18.2 Å².